The molecule has 1 saturated heterocycles. The number of rotatable bonds is 0. The summed E-state index contributed by atoms with van der Waals surface area (Å²) in [5, 5.41) is 0. The minimum atomic E-state index is 1.28. The summed E-state index contributed by atoms with van der Waals surface area (Å²) in [7, 11) is 2.14. The van der Waals surface area contributed by atoms with Crippen molar-refractivity contribution in [1.29, 1.82) is 0 Å². The lowest BCUT2D eigenvalue weighted by atomic mass is 10.5. The molecule has 0 aromatic heterocycles. The Hall–Kier alpha value is 0.310. The second kappa shape index (κ2) is 1.85. The first-order valence-electron chi connectivity index (χ1n) is 2.23. The van der Waals surface area contributed by atoms with Gasteiger partial charge in [0.05, 0.1) is 0 Å². The van der Waals surface area contributed by atoms with E-state index < -0.39 is 0 Å². The minimum absolute atomic E-state index is 1.28. The Kier molecular flexibility index (Phi) is 1.37. The van der Waals surface area contributed by atoms with E-state index in [0.29, 0.717) is 0 Å². The average Bonchev–Trinajstić information content (AvgIpc) is 1.86. The highest BCUT2D eigenvalue weighted by Crippen LogP contribution is 2.15. The van der Waals surface area contributed by atoms with Crippen molar-refractivity contribution >= 4 is 11.9 Å². The van der Waals surface area contributed by atoms with Crippen LogP contribution in [-0.4, -0.2) is 23.7 Å². The second-order valence-corrected chi connectivity index (χ2v) is 2.83. The normalized spacial score (nSPS) is 25.5. The predicted octanol–water partition coefficient (Wildman–Crippen LogP) is 0.970. The molecule has 0 spiro atoms. The van der Waals surface area contributed by atoms with Crippen molar-refractivity contribution in [3.63, 3.8) is 0 Å². The lowest BCUT2D eigenvalue weighted by molar-refractivity contribution is 0.597. The van der Waals surface area contributed by atoms with Gasteiger partial charge in [0.25, 0.3) is 0 Å². The van der Waals surface area contributed by atoms with E-state index in [2.05, 4.69) is 11.4 Å². The molecule has 1 aliphatic rings. The van der Waals surface area contributed by atoms with E-state index in [1.807, 2.05) is 11.9 Å². The van der Waals surface area contributed by atoms with Crippen LogP contribution < -0.4 is 0 Å². The summed E-state index contributed by atoms with van der Waals surface area (Å²) in [6, 6.07) is 0. The molecule has 0 unspecified atom stereocenters. The van der Waals surface area contributed by atoms with E-state index in [-0.39, 0.29) is 0 Å². The van der Waals surface area contributed by atoms with Crippen molar-refractivity contribution in [3.05, 3.63) is 0 Å². The van der Waals surface area contributed by atoms with Gasteiger partial charge in [0, 0.05) is 12.3 Å². The van der Waals surface area contributed by atoms with E-state index in [1.165, 1.54) is 18.7 Å². The third-order valence-corrected chi connectivity index (χ3v) is 2.02. The van der Waals surface area contributed by atoms with Gasteiger partial charge in [-0.3, -0.25) is 4.31 Å². The first kappa shape index (κ1) is 4.47. The molecular weight excluding hydrogens is 94.1 g/mol. The van der Waals surface area contributed by atoms with Crippen LogP contribution in [0, 0.1) is 0 Å². The molecule has 1 fully saturated rings. The van der Waals surface area contributed by atoms with Crippen molar-refractivity contribution in [2.24, 2.45) is 0 Å². The SMILES string of the molecule is CN1CCCS1. The highest BCUT2D eigenvalue weighted by Gasteiger charge is 2.04. The van der Waals surface area contributed by atoms with Crippen LogP contribution in [0.2, 0.25) is 0 Å². The van der Waals surface area contributed by atoms with E-state index in [9.17, 15) is 0 Å². The van der Waals surface area contributed by atoms with Crippen molar-refractivity contribution in [2.45, 2.75) is 6.42 Å². The van der Waals surface area contributed by atoms with Crippen molar-refractivity contribution in [1.82, 2.24) is 4.31 Å². The van der Waals surface area contributed by atoms with Crippen LogP contribution >= 0.6 is 11.9 Å². The van der Waals surface area contributed by atoms with Crippen molar-refractivity contribution in [2.75, 3.05) is 19.3 Å². The lowest BCUT2D eigenvalue weighted by Crippen LogP contribution is -2.00. The fraction of sp³-hybridized carbons (Fsp3) is 1.00. The zero-order chi connectivity index (χ0) is 4.41. The van der Waals surface area contributed by atoms with Crippen LogP contribution in [0.15, 0.2) is 0 Å². The van der Waals surface area contributed by atoms with Gasteiger partial charge in [0.2, 0.25) is 0 Å². The van der Waals surface area contributed by atoms with Gasteiger partial charge in [-0.1, -0.05) is 11.9 Å². The Morgan fingerprint density at radius 2 is 2.50 bits per heavy atom. The molecule has 6 heavy (non-hydrogen) atoms. The van der Waals surface area contributed by atoms with Crippen molar-refractivity contribution < 1.29 is 0 Å². The molecule has 0 atom stereocenters. The molecule has 0 aliphatic carbocycles. The Morgan fingerprint density at radius 1 is 1.67 bits per heavy atom. The van der Waals surface area contributed by atoms with Gasteiger partial charge >= 0.3 is 0 Å². The lowest BCUT2D eigenvalue weighted by Gasteiger charge is -1.99. The first-order chi connectivity index (χ1) is 2.89. The summed E-state index contributed by atoms with van der Waals surface area (Å²) in [5.74, 6) is 1.33. The van der Waals surface area contributed by atoms with Crippen LogP contribution in [0.4, 0.5) is 0 Å². The summed E-state index contributed by atoms with van der Waals surface area (Å²) in [6.07, 6.45) is 1.38. The smallest absolute Gasteiger partial charge is 0.00945 e. The number of hydrogen-bond acceptors (Lipinski definition) is 2. The predicted molar refractivity (Wildman–Crippen MR) is 29.7 cm³/mol. The van der Waals surface area contributed by atoms with Crippen LogP contribution in [0.5, 0.6) is 0 Å². The molecule has 1 rings (SSSR count). The Morgan fingerprint density at radius 3 is 2.67 bits per heavy atom. The molecule has 1 aliphatic heterocycles. The van der Waals surface area contributed by atoms with E-state index in [0.717, 1.165) is 0 Å². The molecule has 2 heteroatoms. The molecule has 0 aromatic carbocycles. The van der Waals surface area contributed by atoms with Gasteiger partial charge in [-0.15, -0.1) is 0 Å². The zero-order valence-corrected chi connectivity index (χ0v) is 4.79. The zero-order valence-electron chi connectivity index (χ0n) is 3.98. The third-order valence-electron chi connectivity index (χ3n) is 0.929. The van der Waals surface area contributed by atoms with Crippen LogP contribution in [0.3, 0.4) is 0 Å². The van der Waals surface area contributed by atoms with Gasteiger partial charge in [-0.2, -0.15) is 0 Å². The van der Waals surface area contributed by atoms with E-state index >= 15 is 0 Å². The van der Waals surface area contributed by atoms with E-state index in [1.54, 1.807) is 0 Å². The van der Waals surface area contributed by atoms with Crippen LogP contribution in [0.1, 0.15) is 6.42 Å². The largest absolute Gasteiger partial charge is 0.254 e. The van der Waals surface area contributed by atoms with Gasteiger partial charge in [0.15, 0.2) is 0 Å². The van der Waals surface area contributed by atoms with Crippen LogP contribution in [-0.2, 0) is 0 Å². The molecule has 0 aromatic rings. The Bertz CT molecular complexity index is 40.8. The minimum Gasteiger partial charge on any atom is -0.254 e. The van der Waals surface area contributed by atoms with Crippen molar-refractivity contribution in [3.8, 4) is 0 Å². The summed E-state index contributed by atoms with van der Waals surface area (Å²) in [5.41, 5.74) is 0. The van der Waals surface area contributed by atoms with Gasteiger partial charge in [-0.05, 0) is 13.5 Å². The maximum Gasteiger partial charge on any atom is 0.00945 e. The topological polar surface area (TPSA) is 3.24 Å². The monoisotopic (exact) mass is 103 g/mol. The quantitative estimate of drug-likeness (QED) is 0.420. The summed E-state index contributed by atoms with van der Waals surface area (Å²) in [4.78, 5) is 0. The first-order valence-corrected chi connectivity index (χ1v) is 3.18. The highest BCUT2D eigenvalue weighted by atomic mass is 32.2. The fourth-order valence-corrected chi connectivity index (χ4v) is 1.40. The van der Waals surface area contributed by atoms with Gasteiger partial charge in [0.1, 0.15) is 0 Å². The molecule has 0 bridgehead atoms. The number of hydrogen-bond donors (Lipinski definition) is 0. The van der Waals surface area contributed by atoms with E-state index in [4.69, 9.17) is 0 Å². The summed E-state index contributed by atoms with van der Waals surface area (Å²) in [6.45, 7) is 1.28. The standard InChI is InChI=1S/C4H9NS/c1-5-3-2-4-6-5/h2-4H2,1H3. The van der Waals surface area contributed by atoms with Crippen LogP contribution in [0.25, 0.3) is 0 Å². The maximum absolute atomic E-state index is 2.28. The average molecular weight is 103 g/mol. The Balaban J connectivity index is 2.18. The fourth-order valence-electron chi connectivity index (χ4n) is 0.572. The molecule has 0 radical (unpaired) electrons. The van der Waals surface area contributed by atoms with Gasteiger partial charge in [-0.25, -0.2) is 0 Å². The molecule has 1 nitrogen and oxygen atoms in total. The second-order valence-electron chi connectivity index (χ2n) is 1.54. The van der Waals surface area contributed by atoms with Gasteiger partial charge < -0.3 is 0 Å². The Labute approximate surface area is 42.8 Å². The summed E-state index contributed by atoms with van der Waals surface area (Å²) >= 11 is 1.93. The molecule has 0 saturated carbocycles. The molecular formula is C4H9NS. The molecule has 36 valence electrons. The highest BCUT2D eigenvalue weighted by molar-refractivity contribution is 7.97. The molecule has 0 N–H and O–H groups in total. The third kappa shape index (κ3) is 0.884. The number of nitrogens with zero attached hydrogens (tertiary/aromatic N) is 1. The molecule has 0 amide bonds. The molecule has 1 heterocycles. The maximum atomic E-state index is 2.28. The summed E-state index contributed by atoms with van der Waals surface area (Å²) < 4.78 is 2.28.